The maximum absolute atomic E-state index is 12.8. The Balaban J connectivity index is 1.77. The fourth-order valence-corrected chi connectivity index (χ4v) is 2.98. The lowest BCUT2D eigenvalue weighted by atomic mass is 10.2. The standard InChI is InChI=1S/C18H18F3N3O2/c19-18(20,21)13-7-8-17(26)24(11-13)12-16(25)22-14-5-1-2-6-15(14)23-9-3-4-10-23/h1-2,5-8,11H,3-4,9-10,12H2,(H,22,25). The molecule has 1 fully saturated rings. The number of carbonyl (C=O) groups is 1. The number of halogens is 3. The molecule has 0 atom stereocenters. The van der Waals surface area contributed by atoms with Crippen molar-refractivity contribution in [3.05, 3.63) is 58.5 Å². The van der Waals surface area contributed by atoms with Gasteiger partial charge in [0.05, 0.1) is 16.9 Å². The van der Waals surface area contributed by atoms with Gasteiger partial charge in [0, 0.05) is 25.4 Å². The molecule has 3 rings (SSSR count). The van der Waals surface area contributed by atoms with Gasteiger partial charge in [0.2, 0.25) is 5.91 Å². The van der Waals surface area contributed by atoms with Gasteiger partial charge < -0.3 is 14.8 Å². The Morgan fingerprint density at radius 2 is 1.77 bits per heavy atom. The van der Waals surface area contributed by atoms with Crippen molar-refractivity contribution >= 4 is 17.3 Å². The molecule has 1 saturated heterocycles. The summed E-state index contributed by atoms with van der Waals surface area (Å²) in [5, 5.41) is 2.70. The first-order chi connectivity index (χ1) is 12.3. The molecular formula is C18H18F3N3O2. The lowest BCUT2D eigenvalue weighted by molar-refractivity contribution is -0.138. The first-order valence-electron chi connectivity index (χ1n) is 8.26. The minimum absolute atomic E-state index is 0.489. The van der Waals surface area contributed by atoms with E-state index >= 15 is 0 Å². The van der Waals surface area contributed by atoms with E-state index in [2.05, 4.69) is 10.2 Å². The number of nitrogens with zero attached hydrogens (tertiary/aromatic N) is 2. The first-order valence-corrected chi connectivity index (χ1v) is 8.26. The van der Waals surface area contributed by atoms with E-state index in [1.807, 2.05) is 12.1 Å². The molecule has 1 aliphatic heterocycles. The largest absolute Gasteiger partial charge is 0.417 e. The number of hydrogen-bond acceptors (Lipinski definition) is 3. The van der Waals surface area contributed by atoms with Crippen LogP contribution in [-0.2, 0) is 17.5 Å². The average Bonchev–Trinajstić information content (AvgIpc) is 3.10. The number of aromatic nitrogens is 1. The summed E-state index contributed by atoms with van der Waals surface area (Å²) in [4.78, 5) is 26.2. The van der Waals surface area contributed by atoms with E-state index in [1.165, 1.54) is 0 Å². The van der Waals surface area contributed by atoms with Gasteiger partial charge >= 0.3 is 6.18 Å². The highest BCUT2D eigenvalue weighted by Crippen LogP contribution is 2.29. The van der Waals surface area contributed by atoms with E-state index in [-0.39, 0.29) is 0 Å². The lowest BCUT2D eigenvalue weighted by Crippen LogP contribution is -2.29. The molecule has 0 radical (unpaired) electrons. The predicted octanol–water partition coefficient (Wildman–Crippen LogP) is 3.11. The number of carbonyl (C=O) groups excluding carboxylic acids is 1. The second kappa shape index (κ2) is 7.23. The van der Waals surface area contributed by atoms with Gasteiger partial charge in [-0.25, -0.2) is 0 Å². The smallest absolute Gasteiger partial charge is 0.370 e. The molecular weight excluding hydrogens is 347 g/mol. The van der Waals surface area contributed by atoms with E-state index in [0.29, 0.717) is 18.0 Å². The molecule has 8 heteroatoms. The third-order valence-corrected chi connectivity index (χ3v) is 4.25. The van der Waals surface area contributed by atoms with Crippen LogP contribution < -0.4 is 15.8 Å². The van der Waals surface area contributed by atoms with Gasteiger partial charge in [-0.15, -0.1) is 0 Å². The van der Waals surface area contributed by atoms with Crippen LogP contribution in [0.4, 0.5) is 24.5 Å². The molecule has 1 aromatic carbocycles. The number of hydrogen-bond donors (Lipinski definition) is 1. The number of nitrogens with one attached hydrogen (secondary N) is 1. The summed E-state index contributed by atoms with van der Waals surface area (Å²) >= 11 is 0. The van der Waals surface area contributed by atoms with Gasteiger partial charge in [0.25, 0.3) is 5.56 Å². The highest BCUT2D eigenvalue weighted by Gasteiger charge is 2.31. The summed E-state index contributed by atoms with van der Waals surface area (Å²) in [6, 6.07) is 8.78. The molecule has 138 valence electrons. The quantitative estimate of drug-likeness (QED) is 0.906. The number of pyridine rings is 1. The Morgan fingerprint density at radius 3 is 2.46 bits per heavy atom. The van der Waals surface area contributed by atoms with Crippen LogP contribution in [0.5, 0.6) is 0 Å². The van der Waals surface area contributed by atoms with Crippen molar-refractivity contribution in [1.82, 2.24) is 4.57 Å². The molecule has 1 amide bonds. The van der Waals surface area contributed by atoms with Crippen LogP contribution in [0.25, 0.3) is 0 Å². The van der Waals surface area contributed by atoms with Crippen LogP contribution >= 0.6 is 0 Å². The fourth-order valence-electron chi connectivity index (χ4n) is 2.98. The Morgan fingerprint density at radius 1 is 1.08 bits per heavy atom. The van der Waals surface area contributed by atoms with Crippen LogP contribution in [0.2, 0.25) is 0 Å². The molecule has 26 heavy (non-hydrogen) atoms. The second-order valence-corrected chi connectivity index (χ2v) is 6.14. The molecule has 1 N–H and O–H groups in total. The lowest BCUT2D eigenvalue weighted by Gasteiger charge is -2.21. The van der Waals surface area contributed by atoms with E-state index in [9.17, 15) is 22.8 Å². The van der Waals surface area contributed by atoms with Crippen LogP contribution in [0.1, 0.15) is 18.4 Å². The maximum atomic E-state index is 12.8. The van der Waals surface area contributed by atoms with Crippen molar-refractivity contribution in [2.75, 3.05) is 23.3 Å². The highest BCUT2D eigenvalue weighted by molar-refractivity contribution is 5.94. The monoisotopic (exact) mass is 365 g/mol. The maximum Gasteiger partial charge on any atom is 0.417 e. The minimum Gasteiger partial charge on any atom is -0.370 e. The van der Waals surface area contributed by atoms with Gasteiger partial charge in [0.1, 0.15) is 6.54 Å². The van der Waals surface area contributed by atoms with Crippen LogP contribution in [0.3, 0.4) is 0 Å². The SMILES string of the molecule is O=C(Cn1cc(C(F)(F)F)ccc1=O)Nc1ccccc1N1CCCC1. The summed E-state index contributed by atoms with van der Waals surface area (Å²) < 4.78 is 39.1. The summed E-state index contributed by atoms with van der Waals surface area (Å²) in [6.07, 6.45) is -1.77. The first kappa shape index (κ1) is 18.0. The van der Waals surface area contributed by atoms with Crippen LogP contribution in [0, 0.1) is 0 Å². The van der Waals surface area contributed by atoms with E-state index < -0.39 is 29.8 Å². The Labute approximate surface area is 148 Å². The van der Waals surface area contributed by atoms with Crippen LogP contribution in [0.15, 0.2) is 47.4 Å². The number of alkyl halides is 3. The normalized spacial score (nSPS) is 14.5. The fraction of sp³-hybridized carbons (Fsp3) is 0.333. The molecule has 1 aromatic heterocycles. The second-order valence-electron chi connectivity index (χ2n) is 6.14. The number of para-hydroxylation sites is 2. The van der Waals surface area contributed by atoms with E-state index in [0.717, 1.165) is 42.3 Å². The van der Waals surface area contributed by atoms with Gasteiger partial charge in [-0.05, 0) is 31.0 Å². The third kappa shape index (κ3) is 4.07. The summed E-state index contributed by atoms with van der Waals surface area (Å²) in [6.45, 7) is 1.29. The molecule has 0 saturated carbocycles. The molecule has 0 aliphatic carbocycles. The third-order valence-electron chi connectivity index (χ3n) is 4.25. The van der Waals surface area contributed by atoms with Crippen molar-refractivity contribution in [2.24, 2.45) is 0 Å². The Bertz CT molecular complexity index is 855. The number of benzene rings is 1. The predicted molar refractivity (Wildman–Crippen MR) is 92.2 cm³/mol. The van der Waals surface area contributed by atoms with Gasteiger partial charge in [-0.2, -0.15) is 13.2 Å². The zero-order valence-electron chi connectivity index (χ0n) is 13.9. The molecule has 2 heterocycles. The molecule has 0 spiro atoms. The molecule has 5 nitrogen and oxygen atoms in total. The van der Waals surface area contributed by atoms with Crippen LogP contribution in [-0.4, -0.2) is 23.6 Å². The number of rotatable bonds is 4. The molecule has 0 unspecified atom stereocenters. The van der Waals surface area contributed by atoms with Crippen molar-refractivity contribution in [3.63, 3.8) is 0 Å². The number of anilines is 2. The highest BCUT2D eigenvalue weighted by atomic mass is 19.4. The van der Waals surface area contributed by atoms with Crippen molar-refractivity contribution in [1.29, 1.82) is 0 Å². The minimum atomic E-state index is -4.58. The van der Waals surface area contributed by atoms with Gasteiger partial charge in [0.15, 0.2) is 0 Å². The summed E-state index contributed by atoms with van der Waals surface area (Å²) in [5.74, 6) is -0.557. The van der Waals surface area contributed by atoms with Crippen molar-refractivity contribution < 1.29 is 18.0 Å². The average molecular weight is 365 g/mol. The summed E-state index contributed by atoms with van der Waals surface area (Å²) in [5.41, 5.74) is -0.183. The van der Waals surface area contributed by atoms with E-state index in [1.54, 1.807) is 12.1 Å². The Hall–Kier alpha value is -2.77. The zero-order valence-corrected chi connectivity index (χ0v) is 13.9. The van der Waals surface area contributed by atoms with E-state index in [4.69, 9.17) is 0 Å². The summed E-state index contributed by atoms with van der Waals surface area (Å²) in [7, 11) is 0. The van der Waals surface area contributed by atoms with Gasteiger partial charge in [-0.3, -0.25) is 9.59 Å². The van der Waals surface area contributed by atoms with Crippen molar-refractivity contribution in [3.8, 4) is 0 Å². The van der Waals surface area contributed by atoms with Gasteiger partial charge in [-0.1, -0.05) is 12.1 Å². The molecule has 0 bridgehead atoms. The number of amides is 1. The zero-order chi connectivity index (χ0) is 18.7. The molecule has 2 aromatic rings. The topological polar surface area (TPSA) is 54.3 Å². The van der Waals surface area contributed by atoms with Crippen molar-refractivity contribution in [2.45, 2.75) is 25.6 Å². The Kier molecular flexibility index (Phi) is 5.01. The molecule has 1 aliphatic rings.